The van der Waals surface area contributed by atoms with Crippen molar-refractivity contribution in [2.75, 3.05) is 31.1 Å². The van der Waals surface area contributed by atoms with Gasteiger partial charge in [-0.05, 0) is 30.2 Å². The van der Waals surface area contributed by atoms with Crippen LogP contribution in [0.5, 0.6) is 0 Å². The van der Waals surface area contributed by atoms with E-state index in [-0.39, 0.29) is 5.91 Å². The Morgan fingerprint density at radius 2 is 1.66 bits per heavy atom. The molecule has 6 rings (SSSR count). The maximum Gasteiger partial charge on any atom is 0.263 e. The maximum atomic E-state index is 13.7. The van der Waals surface area contributed by atoms with Crippen LogP contribution in [-0.4, -0.2) is 52.1 Å². The number of carbonyl (C=O) groups excluding carboxylic acids is 1. The Balaban J connectivity index is 1.36. The summed E-state index contributed by atoms with van der Waals surface area (Å²) in [5, 5.41) is 5.14. The van der Waals surface area contributed by atoms with E-state index in [9.17, 15) is 9.18 Å². The largest absolute Gasteiger partial charge is 0.354 e. The summed E-state index contributed by atoms with van der Waals surface area (Å²) in [6.07, 6.45) is 1.30. The van der Waals surface area contributed by atoms with Crippen molar-refractivity contribution >= 4 is 22.8 Å². The van der Waals surface area contributed by atoms with E-state index in [1.54, 1.807) is 17.0 Å². The lowest BCUT2D eigenvalue weighted by Gasteiger charge is -2.24. The molecule has 0 spiro atoms. The van der Waals surface area contributed by atoms with Crippen LogP contribution in [0.1, 0.15) is 28.2 Å². The molecule has 0 radical (unpaired) electrons. The Morgan fingerprint density at radius 3 is 2.45 bits per heavy atom. The average Bonchev–Trinajstić information content (AvgIpc) is 3.22. The molecule has 0 unspecified atom stereocenters. The number of amides is 1. The van der Waals surface area contributed by atoms with Gasteiger partial charge in [0.05, 0.1) is 0 Å². The predicted octanol–water partition coefficient (Wildman–Crippen LogP) is 5.37. The number of halogens is 1. The fourth-order valence-corrected chi connectivity index (χ4v) is 4.90. The van der Waals surface area contributed by atoms with Crippen LogP contribution in [0, 0.1) is 5.82 Å². The molecule has 8 heteroatoms. The van der Waals surface area contributed by atoms with Gasteiger partial charge in [0, 0.05) is 43.7 Å². The van der Waals surface area contributed by atoms with Crippen LogP contribution < -0.4 is 4.90 Å². The summed E-state index contributed by atoms with van der Waals surface area (Å²) in [6, 6.07) is 25.8. The molecule has 3 heterocycles. The number of hydrogen-bond donors (Lipinski definition) is 0. The standard InChI is InChI=1S/C30H26FN5O2/c31-24-14-7-13-23(20-24)30(37)36-16-8-15-35(17-18-36)28-26-27(22-11-5-2-6-12-22)34-38-29(26)33-25(32-28)19-21-9-3-1-4-10-21/h1-7,9-14,20H,8,15-19H2. The summed E-state index contributed by atoms with van der Waals surface area (Å²) in [4.78, 5) is 26.8. The summed E-state index contributed by atoms with van der Waals surface area (Å²) in [7, 11) is 0. The van der Waals surface area contributed by atoms with Crippen molar-refractivity contribution in [1.29, 1.82) is 0 Å². The minimum Gasteiger partial charge on any atom is -0.354 e. The second-order valence-corrected chi connectivity index (χ2v) is 9.35. The zero-order valence-corrected chi connectivity index (χ0v) is 20.8. The fraction of sp³-hybridized carbons (Fsp3) is 0.200. The zero-order chi connectivity index (χ0) is 25.9. The first-order valence-electron chi connectivity index (χ1n) is 12.7. The molecule has 1 saturated heterocycles. The van der Waals surface area contributed by atoms with Gasteiger partial charge in [0.15, 0.2) is 0 Å². The topological polar surface area (TPSA) is 75.4 Å². The third kappa shape index (κ3) is 4.85. The van der Waals surface area contributed by atoms with E-state index in [2.05, 4.69) is 10.1 Å². The average molecular weight is 508 g/mol. The highest BCUT2D eigenvalue weighted by Gasteiger charge is 2.26. The van der Waals surface area contributed by atoms with Gasteiger partial charge in [-0.1, -0.05) is 71.9 Å². The molecule has 7 nitrogen and oxygen atoms in total. The van der Waals surface area contributed by atoms with Crippen molar-refractivity contribution in [1.82, 2.24) is 20.0 Å². The van der Waals surface area contributed by atoms with Crippen molar-refractivity contribution in [3.8, 4) is 11.3 Å². The van der Waals surface area contributed by atoms with Gasteiger partial charge in [-0.3, -0.25) is 4.79 Å². The summed E-state index contributed by atoms with van der Waals surface area (Å²) in [5.41, 5.74) is 3.52. The number of carbonyl (C=O) groups is 1. The van der Waals surface area contributed by atoms with Gasteiger partial charge in [-0.25, -0.2) is 9.37 Å². The summed E-state index contributed by atoms with van der Waals surface area (Å²) >= 11 is 0. The summed E-state index contributed by atoms with van der Waals surface area (Å²) < 4.78 is 19.5. The first kappa shape index (κ1) is 23.8. The van der Waals surface area contributed by atoms with E-state index in [0.29, 0.717) is 55.4 Å². The van der Waals surface area contributed by atoms with E-state index >= 15 is 0 Å². The van der Waals surface area contributed by atoms with Gasteiger partial charge >= 0.3 is 0 Å². The Morgan fingerprint density at radius 1 is 0.868 bits per heavy atom. The first-order valence-corrected chi connectivity index (χ1v) is 12.7. The molecule has 38 heavy (non-hydrogen) atoms. The van der Waals surface area contributed by atoms with Crippen molar-refractivity contribution in [2.45, 2.75) is 12.8 Å². The highest BCUT2D eigenvalue weighted by molar-refractivity contribution is 5.98. The molecule has 1 fully saturated rings. The highest BCUT2D eigenvalue weighted by atomic mass is 19.1. The highest BCUT2D eigenvalue weighted by Crippen LogP contribution is 2.34. The second kappa shape index (κ2) is 10.4. The van der Waals surface area contributed by atoms with E-state index in [0.717, 1.165) is 28.8 Å². The quantitative estimate of drug-likeness (QED) is 0.319. The van der Waals surface area contributed by atoms with Gasteiger partial charge in [0.1, 0.15) is 28.5 Å². The van der Waals surface area contributed by atoms with Crippen molar-refractivity contribution in [3.63, 3.8) is 0 Å². The Bertz CT molecular complexity index is 1570. The maximum absolute atomic E-state index is 13.7. The number of rotatable bonds is 5. The number of aromatic nitrogens is 3. The van der Waals surface area contributed by atoms with Gasteiger partial charge in [0.25, 0.3) is 11.6 Å². The SMILES string of the molecule is O=C(c1cccc(F)c1)N1CCCN(c2nc(Cc3ccccc3)nc3onc(-c4ccccc4)c23)CC1. The van der Waals surface area contributed by atoms with E-state index < -0.39 is 5.82 Å². The molecule has 0 saturated carbocycles. The van der Waals surface area contributed by atoms with Crippen LogP contribution in [0.25, 0.3) is 22.4 Å². The number of fused-ring (bicyclic) bond motifs is 1. The molecular weight excluding hydrogens is 481 g/mol. The molecule has 2 aromatic heterocycles. The number of benzene rings is 3. The molecule has 190 valence electrons. The minimum absolute atomic E-state index is 0.168. The summed E-state index contributed by atoms with van der Waals surface area (Å²) in [5.74, 6) is 0.814. The Kier molecular flexibility index (Phi) is 6.52. The smallest absolute Gasteiger partial charge is 0.263 e. The Labute approximate surface area is 219 Å². The molecule has 5 aromatic rings. The third-order valence-electron chi connectivity index (χ3n) is 6.77. The van der Waals surface area contributed by atoms with Gasteiger partial charge in [-0.2, -0.15) is 4.98 Å². The number of hydrogen-bond acceptors (Lipinski definition) is 6. The number of anilines is 1. The fourth-order valence-electron chi connectivity index (χ4n) is 4.90. The van der Waals surface area contributed by atoms with Gasteiger partial charge in [-0.15, -0.1) is 0 Å². The number of nitrogens with zero attached hydrogens (tertiary/aromatic N) is 5. The van der Waals surface area contributed by atoms with Gasteiger partial charge < -0.3 is 14.3 Å². The molecule has 1 aliphatic heterocycles. The van der Waals surface area contributed by atoms with Gasteiger partial charge in [0.2, 0.25) is 0 Å². The minimum atomic E-state index is -0.414. The molecular formula is C30H26FN5O2. The molecule has 0 atom stereocenters. The molecule has 1 aliphatic rings. The van der Waals surface area contributed by atoms with Crippen LogP contribution in [0.3, 0.4) is 0 Å². The van der Waals surface area contributed by atoms with Crippen LogP contribution in [0.15, 0.2) is 89.5 Å². The van der Waals surface area contributed by atoms with Crippen molar-refractivity contribution in [3.05, 3.63) is 108 Å². The molecule has 1 amide bonds. The predicted molar refractivity (Wildman–Crippen MR) is 143 cm³/mol. The van der Waals surface area contributed by atoms with Crippen molar-refractivity contribution < 1.29 is 13.7 Å². The van der Waals surface area contributed by atoms with E-state index in [1.165, 1.54) is 12.1 Å². The summed E-state index contributed by atoms with van der Waals surface area (Å²) in [6.45, 7) is 2.33. The second-order valence-electron chi connectivity index (χ2n) is 9.35. The van der Waals surface area contributed by atoms with Crippen LogP contribution in [0.2, 0.25) is 0 Å². The lowest BCUT2D eigenvalue weighted by molar-refractivity contribution is 0.0766. The van der Waals surface area contributed by atoms with Crippen LogP contribution in [-0.2, 0) is 6.42 Å². The zero-order valence-electron chi connectivity index (χ0n) is 20.8. The normalized spacial score (nSPS) is 14.0. The molecule has 0 N–H and O–H groups in total. The van der Waals surface area contributed by atoms with E-state index in [4.69, 9.17) is 14.5 Å². The molecule has 0 bridgehead atoms. The third-order valence-corrected chi connectivity index (χ3v) is 6.77. The first-order chi connectivity index (χ1) is 18.7. The lowest BCUT2D eigenvalue weighted by atomic mass is 10.1. The monoisotopic (exact) mass is 507 g/mol. The van der Waals surface area contributed by atoms with Crippen LogP contribution >= 0.6 is 0 Å². The van der Waals surface area contributed by atoms with Crippen LogP contribution in [0.4, 0.5) is 10.2 Å². The lowest BCUT2D eigenvalue weighted by Crippen LogP contribution is -2.35. The molecule has 0 aliphatic carbocycles. The molecule has 3 aromatic carbocycles. The van der Waals surface area contributed by atoms with E-state index in [1.807, 2.05) is 60.7 Å². The van der Waals surface area contributed by atoms with Crippen molar-refractivity contribution in [2.24, 2.45) is 0 Å². The Hall–Kier alpha value is -4.59.